The number of nitrogens with two attached hydrogens (primary N) is 2. The van der Waals surface area contributed by atoms with Crippen molar-refractivity contribution >= 4 is 29.5 Å². The highest BCUT2D eigenvalue weighted by molar-refractivity contribution is 7.99. The van der Waals surface area contributed by atoms with Crippen LogP contribution < -0.4 is 16.8 Å². The maximum Gasteiger partial charge on any atom is 0.250 e. The second kappa shape index (κ2) is 8.96. The molecule has 0 aromatic rings. The van der Waals surface area contributed by atoms with Gasteiger partial charge in [0.25, 0.3) is 0 Å². The van der Waals surface area contributed by atoms with Crippen molar-refractivity contribution in [2.24, 2.45) is 16.9 Å². The number of carbonyl (C=O) groups is 3. The summed E-state index contributed by atoms with van der Waals surface area (Å²) in [5, 5.41) is 22.2. The molecule has 0 bridgehead atoms. The van der Waals surface area contributed by atoms with Gasteiger partial charge in [-0.3, -0.25) is 14.4 Å². The molecule has 0 aromatic carbocycles. The van der Waals surface area contributed by atoms with Crippen LogP contribution in [-0.4, -0.2) is 58.2 Å². The highest BCUT2D eigenvalue weighted by atomic mass is 32.2. The van der Waals surface area contributed by atoms with Gasteiger partial charge < -0.3 is 27.0 Å². The summed E-state index contributed by atoms with van der Waals surface area (Å²) in [5.74, 6) is -1.04. The van der Waals surface area contributed by atoms with Gasteiger partial charge in [-0.2, -0.15) is 11.8 Å². The first kappa shape index (κ1) is 20.7. The number of hydrogen-bond acceptors (Lipinski definition) is 6. The molecule has 128 valence electrons. The molecule has 0 aromatic heterocycles. The molecule has 0 spiro atoms. The summed E-state index contributed by atoms with van der Waals surface area (Å²) >= 11 is 1.29. The number of rotatable bonds is 11. The van der Waals surface area contributed by atoms with E-state index in [9.17, 15) is 24.6 Å². The summed E-state index contributed by atoms with van der Waals surface area (Å²) in [4.78, 5) is 33.7. The van der Waals surface area contributed by atoms with Gasteiger partial charge in [-0.15, -0.1) is 0 Å². The largest absolute Gasteiger partial charge is 0.396 e. The predicted molar refractivity (Wildman–Crippen MR) is 83.8 cm³/mol. The Kier molecular flexibility index (Phi) is 8.43. The number of nitrogens with one attached hydrogen (secondary N) is 1. The summed E-state index contributed by atoms with van der Waals surface area (Å²) in [6.07, 6.45) is -0.292. The van der Waals surface area contributed by atoms with Gasteiger partial charge >= 0.3 is 0 Å². The average molecular weight is 335 g/mol. The van der Waals surface area contributed by atoms with E-state index in [-0.39, 0.29) is 24.5 Å². The monoisotopic (exact) mass is 335 g/mol. The maximum atomic E-state index is 11.7. The van der Waals surface area contributed by atoms with Gasteiger partial charge in [0, 0.05) is 24.1 Å². The summed E-state index contributed by atoms with van der Waals surface area (Å²) in [7, 11) is 0. The van der Waals surface area contributed by atoms with Crippen LogP contribution in [0.5, 0.6) is 0 Å². The Morgan fingerprint density at radius 3 is 2.27 bits per heavy atom. The van der Waals surface area contributed by atoms with E-state index in [1.807, 2.05) is 0 Å². The number of aliphatic hydroxyl groups is 2. The zero-order chi connectivity index (χ0) is 17.4. The van der Waals surface area contributed by atoms with Crippen LogP contribution in [-0.2, 0) is 14.4 Å². The molecular formula is C13H25N3O5S. The van der Waals surface area contributed by atoms with Crippen LogP contribution >= 0.6 is 11.8 Å². The Morgan fingerprint density at radius 1 is 1.23 bits per heavy atom. The normalized spacial score (nSPS) is 14.2. The first-order chi connectivity index (χ1) is 10.1. The second-order valence-electron chi connectivity index (χ2n) is 5.64. The van der Waals surface area contributed by atoms with Crippen LogP contribution in [0, 0.1) is 5.41 Å². The highest BCUT2D eigenvalue weighted by Crippen LogP contribution is 2.34. The van der Waals surface area contributed by atoms with Crippen LogP contribution in [0.4, 0.5) is 0 Å². The summed E-state index contributed by atoms with van der Waals surface area (Å²) in [5.41, 5.74) is 7.05. The van der Waals surface area contributed by atoms with Gasteiger partial charge in [0.2, 0.25) is 17.7 Å². The van der Waals surface area contributed by atoms with Gasteiger partial charge in [-0.25, -0.2) is 0 Å². The molecule has 0 fully saturated rings. The van der Waals surface area contributed by atoms with E-state index in [0.717, 1.165) is 0 Å². The number of carbonyl (C=O) groups excluding carboxylic acids is 3. The zero-order valence-electron chi connectivity index (χ0n) is 12.9. The minimum absolute atomic E-state index is 0.108. The molecule has 0 saturated heterocycles. The quantitative estimate of drug-likeness (QED) is 0.284. The third kappa shape index (κ3) is 6.20. The lowest BCUT2D eigenvalue weighted by Crippen LogP contribution is -2.56. The summed E-state index contributed by atoms with van der Waals surface area (Å²) in [6, 6.07) is 0. The summed E-state index contributed by atoms with van der Waals surface area (Å²) in [6.45, 7) is 2.89. The van der Waals surface area contributed by atoms with Crippen molar-refractivity contribution < 1.29 is 24.6 Å². The molecular weight excluding hydrogens is 310 g/mol. The SMILES string of the molecule is CC(C)(CO)[C@](O)(CCC(=O)NCCSCC(N)=O)C(N)=O. The van der Waals surface area contributed by atoms with E-state index in [1.165, 1.54) is 25.6 Å². The van der Waals surface area contributed by atoms with Gasteiger partial charge in [0.15, 0.2) is 5.60 Å². The van der Waals surface area contributed by atoms with Crippen molar-refractivity contribution in [3.8, 4) is 0 Å². The molecule has 0 heterocycles. The van der Waals surface area contributed by atoms with Gasteiger partial charge in [0.1, 0.15) is 0 Å². The van der Waals surface area contributed by atoms with E-state index < -0.39 is 29.4 Å². The molecule has 0 radical (unpaired) electrons. The molecule has 1 atom stereocenters. The van der Waals surface area contributed by atoms with Crippen molar-refractivity contribution in [2.75, 3.05) is 24.7 Å². The molecule has 0 aliphatic rings. The van der Waals surface area contributed by atoms with Crippen LogP contribution in [0.25, 0.3) is 0 Å². The zero-order valence-corrected chi connectivity index (χ0v) is 13.7. The third-order valence-corrected chi connectivity index (χ3v) is 4.43. The van der Waals surface area contributed by atoms with Crippen molar-refractivity contribution in [1.29, 1.82) is 0 Å². The fourth-order valence-electron chi connectivity index (χ4n) is 1.74. The lowest BCUT2D eigenvalue weighted by Gasteiger charge is -2.38. The fraction of sp³-hybridized carbons (Fsp3) is 0.769. The van der Waals surface area contributed by atoms with E-state index >= 15 is 0 Å². The van der Waals surface area contributed by atoms with Gasteiger partial charge in [0.05, 0.1) is 12.4 Å². The number of thioether (sulfide) groups is 1. The lowest BCUT2D eigenvalue weighted by atomic mass is 9.72. The second-order valence-corrected chi connectivity index (χ2v) is 6.74. The van der Waals surface area contributed by atoms with E-state index in [1.54, 1.807) is 0 Å². The number of aliphatic hydroxyl groups excluding tert-OH is 1. The van der Waals surface area contributed by atoms with E-state index in [2.05, 4.69) is 5.32 Å². The first-order valence-electron chi connectivity index (χ1n) is 6.82. The molecule has 7 N–H and O–H groups in total. The summed E-state index contributed by atoms with van der Waals surface area (Å²) < 4.78 is 0. The molecule has 22 heavy (non-hydrogen) atoms. The van der Waals surface area contributed by atoms with Crippen molar-refractivity contribution in [3.05, 3.63) is 0 Å². The van der Waals surface area contributed by atoms with E-state index in [4.69, 9.17) is 11.5 Å². The Hall–Kier alpha value is -1.32. The smallest absolute Gasteiger partial charge is 0.250 e. The minimum atomic E-state index is -1.97. The topological polar surface area (TPSA) is 156 Å². The van der Waals surface area contributed by atoms with Gasteiger partial charge in [-0.1, -0.05) is 13.8 Å². The third-order valence-electron chi connectivity index (χ3n) is 3.45. The number of hydrogen-bond donors (Lipinski definition) is 5. The molecule has 8 nitrogen and oxygen atoms in total. The molecule has 0 aliphatic carbocycles. The highest BCUT2D eigenvalue weighted by Gasteiger charge is 2.48. The lowest BCUT2D eigenvalue weighted by molar-refractivity contribution is -0.156. The van der Waals surface area contributed by atoms with Crippen molar-refractivity contribution in [1.82, 2.24) is 5.32 Å². The molecule has 9 heteroatoms. The molecule has 0 rings (SSSR count). The Bertz CT molecular complexity index is 416. The van der Waals surface area contributed by atoms with Crippen LogP contribution in [0.15, 0.2) is 0 Å². The molecule has 0 unspecified atom stereocenters. The van der Waals surface area contributed by atoms with E-state index in [0.29, 0.717) is 12.3 Å². The molecule has 0 aliphatic heterocycles. The Morgan fingerprint density at radius 2 is 1.82 bits per heavy atom. The first-order valence-corrected chi connectivity index (χ1v) is 7.98. The van der Waals surface area contributed by atoms with Crippen molar-refractivity contribution in [3.63, 3.8) is 0 Å². The Balaban J connectivity index is 4.30. The maximum absolute atomic E-state index is 11.7. The average Bonchev–Trinajstić information content (AvgIpc) is 2.43. The minimum Gasteiger partial charge on any atom is -0.396 e. The standard InChI is InChI=1S/C13H25N3O5S/c1-12(2,8-17)13(21,11(15)20)4-3-10(19)16-5-6-22-7-9(14)18/h17,21H,3-8H2,1-2H3,(H2,14,18)(H2,15,20)(H,16,19)/t13-/m0/s1. The number of primary amides is 2. The number of amides is 3. The fourth-order valence-corrected chi connectivity index (χ4v) is 2.34. The van der Waals surface area contributed by atoms with Crippen molar-refractivity contribution in [2.45, 2.75) is 32.3 Å². The Labute approximate surface area is 134 Å². The van der Waals surface area contributed by atoms with Crippen LogP contribution in [0.1, 0.15) is 26.7 Å². The van der Waals surface area contributed by atoms with Crippen LogP contribution in [0.3, 0.4) is 0 Å². The molecule has 0 saturated carbocycles. The molecule has 3 amide bonds. The van der Waals surface area contributed by atoms with Gasteiger partial charge in [-0.05, 0) is 6.42 Å². The predicted octanol–water partition coefficient (Wildman–Crippen LogP) is -1.66. The van der Waals surface area contributed by atoms with Crippen LogP contribution in [0.2, 0.25) is 0 Å².